The molecular weight excluding hydrogens is 386 g/mol. The molecule has 31 heavy (non-hydrogen) atoms. The van der Waals surface area contributed by atoms with Crippen LogP contribution < -0.4 is 0 Å². The fourth-order valence-corrected chi connectivity index (χ4v) is 7.06. The second-order valence-corrected chi connectivity index (χ2v) is 10.4. The molecule has 1 aliphatic heterocycles. The summed E-state index contributed by atoms with van der Waals surface area (Å²) in [5.74, 6) is 1.94. The first-order chi connectivity index (χ1) is 15.0. The van der Waals surface area contributed by atoms with Crippen LogP contribution in [0.1, 0.15) is 68.9 Å². The molecule has 1 amide bonds. The molecule has 4 atom stereocenters. The van der Waals surface area contributed by atoms with Gasteiger partial charge in [-0.3, -0.25) is 9.59 Å². The number of carbonyl (C=O) groups excluding carboxylic acids is 2. The Hall–Kier alpha value is -1.94. The lowest BCUT2D eigenvalue weighted by atomic mass is 9.55. The van der Waals surface area contributed by atoms with E-state index in [1.54, 1.807) is 0 Å². The molecule has 2 saturated carbocycles. The highest BCUT2D eigenvalue weighted by Crippen LogP contribution is 2.61. The van der Waals surface area contributed by atoms with E-state index in [4.69, 9.17) is 4.74 Å². The number of amides is 1. The third-order valence-corrected chi connectivity index (χ3v) is 8.88. The number of hydrogen-bond donors (Lipinski definition) is 0. The Morgan fingerprint density at radius 2 is 1.97 bits per heavy atom. The summed E-state index contributed by atoms with van der Waals surface area (Å²) in [6.07, 6.45) is 9.27. The fraction of sp³-hybridized carbons (Fsp3) is 0.630. The van der Waals surface area contributed by atoms with Gasteiger partial charge in [0.25, 0.3) is 0 Å². The zero-order valence-corrected chi connectivity index (χ0v) is 18.9. The number of nitrogens with zero attached hydrogens (tertiary/aromatic N) is 1. The third kappa shape index (κ3) is 3.57. The van der Waals surface area contributed by atoms with E-state index >= 15 is 0 Å². The highest BCUT2D eigenvalue weighted by molar-refractivity contribution is 5.91. The zero-order valence-electron chi connectivity index (χ0n) is 18.9. The summed E-state index contributed by atoms with van der Waals surface area (Å²) in [5, 5.41) is 0. The molecule has 0 bridgehead atoms. The maximum absolute atomic E-state index is 13.1. The summed E-state index contributed by atoms with van der Waals surface area (Å²) in [4.78, 5) is 28.0. The van der Waals surface area contributed by atoms with Crippen LogP contribution in [0.2, 0.25) is 0 Å². The van der Waals surface area contributed by atoms with Gasteiger partial charge in [0, 0.05) is 44.6 Å². The molecule has 3 unspecified atom stereocenters. The van der Waals surface area contributed by atoms with Crippen LogP contribution in [0.25, 0.3) is 0 Å². The maximum Gasteiger partial charge on any atom is 0.226 e. The number of Topliss-reactive ketones (excluding diaryl/α,β-unsaturated/α-hetero) is 1. The van der Waals surface area contributed by atoms with Gasteiger partial charge in [-0.2, -0.15) is 0 Å². The highest BCUT2D eigenvalue weighted by Gasteiger charge is 2.56. The highest BCUT2D eigenvalue weighted by atomic mass is 16.5. The molecule has 166 valence electrons. The molecule has 0 N–H and O–H groups in total. The van der Waals surface area contributed by atoms with E-state index in [1.165, 1.54) is 16.7 Å². The first kappa shape index (κ1) is 20.9. The van der Waals surface area contributed by atoms with E-state index in [0.717, 1.165) is 51.7 Å². The van der Waals surface area contributed by atoms with Crippen molar-refractivity contribution in [2.45, 2.75) is 70.3 Å². The number of hydrogen-bond acceptors (Lipinski definition) is 3. The number of ketones is 1. The molecule has 4 aliphatic rings. The molecule has 0 spiro atoms. The predicted octanol–water partition coefficient (Wildman–Crippen LogP) is 4.68. The molecule has 4 heteroatoms. The minimum atomic E-state index is -0.241. The van der Waals surface area contributed by atoms with Crippen molar-refractivity contribution >= 4 is 11.7 Å². The van der Waals surface area contributed by atoms with Crippen molar-refractivity contribution in [1.29, 1.82) is 0 Å². The zero-order chi connectivity index (χ0) is 21.6. The lowest BCUT2D eigenvalue weighted by Crippen LogP contribution is -2.43. The summed E-state index contributed by atoms with van der Waals surface area (Å²) < 4.78 is 5.44. The van der Waals surface area contributed by atoms with Gasteiger partial charge in [-0.15, -0.1) is 0 Å². The first-order valence-electron chi connectivity index (χ1n) is 12.1. The Morgan fingerprint density at radius 3 is 2.77 bits per heavy atom. The predicted molar refractivity (Wildman–Crippen MR) is 121 cm³/mol. The molecule has 1 aromatic rings. The van der Waals surface area contributed by atoms with Crippen molar-refractivity contribution in [2.75, 3.05) is 20.3 Å². The minimum absolute atomic E-state index is 0.168. The van der Waals surface area contributed by atoms with E-state index < -0.39 is 0 Å². The smallest absolute Gasteiger partial charge is 0.226 e. The molecular formula is C27H35NO3. The van der Waals surface area contributed by atoms with Crippen molar-refractivity contribution in [3.8, 4) is 0 Å². The number of aryl methyl sites for hydroxylation is 1. The van der Waals surface area contributed by atoms with Gasteiger partial charge >= 0.3 is 0 Å². The van der Waals surface area contributed by atoms with Crippen LogP contribution in [0.5, 0.6) is 0 Å². The van der Waals surface area contributed by atoms with Crippen molar-refractivity contribution in [2.24, 2.45) is 17.3 Å². The molecule has 3 fully saturated rings. The minimum Gasteiger partial charge on any atom is -0.381 e. The van der Waals surface area contributed by atoms with E-state index in [-0.39, 0.29) is 17.4 Å². The van der Waals surface area contributed by atoms with Crippen LogP contribution in [-0.2, 0) is 20.7 Å². The van der Waals surface area contributed by atoms with Crippen LogP contribution in [-0.4, -0.2) is 42.9 Å². The average Bonchev–Trinajstić information content (AvgIpc) is 3.07. The lowest BCUT2D eigenvalue weighted by molar-refractivity contribution is -0.132. The van der Waals surface area contributed by atoms with Gasteiger partial charge in [0.15, 0.2) is 0 Å². The second-order valence-electron chi connectivity index (χ2n) is 10.4. The molecule has 1 saturated heterocycles. The molecule has 1 aromatic carbocycles. The Morgan fingerprint density at radius 1 is 1.19 bits per heavy atom. The van der Waals surface area contributed by atoms with Crippen LogP contribution in [0.4, 0.5) is 0 Å². The second kappa shape index (κ2) is 8.20. The summed E-state index contributed by atoms with van der Waals surface area (Å²) in [7, 11) is 1.93. The van der Waals surface area contributed by atoms with Gasteiger partial charge in [-0.05, 0) is 67.4 Å². The maximum atomic E-state index is 13.1. The van der Waals surface area contributed by atoms with Crippen molar-refractivity contribution in [3.63, 3.8) is 0 Å². The largest absolute Gasteiger partial charge is 0.381 e. The van der Waals surface area contributed by atoms with Crippen LogP contribution in [0.15, 0.2) is 35.9 Å². The quantitative estimate of drug-likeness (QED) is 0.666. The SMILES string of the molecule is CN(C(=O)C/C=C1\CC(=O)[C@@]2(C)CCC3c4ccccc4CCC3C12)C1CCOCC1. The van der Waals surface area contributed by atoms with E-state index in [1.807, 2.05) is 11.9 Å². The number of allylic oxidation sites excluding steroid dienone is 1. The number of fused-ring (bicyclic) bond motifs is 5. The van der Waals surface area contributed by atoms with E-state index in [9.17, 15) is 9.59 Å². The van der Waals surface area contributed by atoms with E-state index in [2.05, 4.69) is 37.3 Å². The Bertz CT molecular complexity index is 899. The summed E-state index contributed by atoms with van der Waals surface area (Å²) in [6.45, 7) is 3.68. The molecule has 1 heterocycles. The van der Waals surface area contributed by atoms with Crippen LogP contribution in [0.3, 0.4) is 0 Å². The summed E-state index contributed by atoms with van der Waals surface area (Å²) in [6, 6.07) is 9.18. The number of rotatable bonds is 3. The van der Waals surface area contributed by atoms with Gasteiger partial charge in [0.1, 0.15) is 5.78 Å². The third-order valence-electron chi connectivity index (χ3n) is 8.88. The Kier molecular flexibility index (Phi) is 5.54. The molecule has 3 aliphatic carbocycles. The van der Waals surface area contributed by atoms with Gasteiger partial charge in [-0.25, -0.2) is 0 Å². The molecule has 0 radical (unpaired) electrons. The Balaban J connectivity index is 1.37. The van der Waals surface area contributed by atoms with E-state index in [0.29, 0.717) is 36.4 Å². The van der Waals surface area contributed by atoms with Gasteiger partial charge in [-0.1, -0.05) is 42.8 Å². The lowest BCUT2D eigenvalue weighted by Gasteiger charge is -2.48. The summed E-state index contributed by atoms with van der Waals surface area (Å²) >= 11 is 0. The van der Waals surface area contributed by atoms with Gasteiger partial charge in [0.2, 0.25) is 5.91 Å². The first-order valence-corrected chi connectivity index (χ1v) is 12.1. The van der Waals surface area contributed by atoms with Crippen molar-refractivity contribution in [1.82, 2.24) is 4.90 Å². The van der Waals surface area contributed by atoms with Crippen LogP contribution in [0, 0.1) is 17.3 Å². The molecule has 4 nitrogen and oxygen atoms in total. The number of carbonyl (C=O) groups is 2. The normalized spacial score (nSPS) is 34.2. The Labute approximate surface area is 186 Å². The van der Waals surface area contributed by atoms with Crippen LogP contribution >= 0.6 is 0 Å². The molecule has 5 rings (SSSR count). The number of benzene rings is 1. The molecule has 0 aromatic heterocycles. The fourth-order valence-electron chi connectivity index (χ4n) is 7.06. The topological polar surface area (TPSA) is 46.6 Å². The number of ether oxygens (including phenoxy) is 1. The average molecular weight is 422 g/mol. The standard InChI is InChI=1S/C27H35NO3/c1-27-14-11-22-21-6-4-3-5-18(21)7-9-23(22)26(27)19(17-24(27)29)8-10-25(30)28(2)20-12-15-31-16-13-20/h3-6,8,20,22-23,26H,7,9-17H2,1-2H3/b19-8+/t22?,23?,26?,27-/m1/s1. The summed E-state index contributed by atoms with van der Waals surface area (Å²) in [5.41, 5.74) is 4.01. The van der Waals surface area contributed by atoms with Gasteiger partial charge in [0.05, 0.1) is 0 Å². The van der Waals surface area contributed by atoms with Crippen molar-refractivity contribution < 1.29 is 14.3 Å². The van der Waals surface area contributed by atoms with Gasteiger partial charge < -0.3 is 9.64 Å². The van der Waals surface area contributed by atoms with Crippen molar-refractivity contribution in [3.05, 3.63) is 47.0 Å². The monoisotopic (exact) mass is 421 g/mol.